The third-order valence-corrected chi connectivity index (χ3v) is 2.27. The molecule has 3 N–H and O–H groups in total. The van der Waals surface area contributed by atoms with E-state index in [0.717, 1.165) is 30.4 Å². The molecule has 0 saturated carbocycles. The maximum Gasteiger partial charge on any atom is 0.327 e. The SMILES string of the molecule is C=CC(=O)O.O=C(O)C=CCCC(=O)/C=C\C(=O)CCC=CC(=O)O. The van der Waals surface area contributed by atoms with Gasteiger partial charge in [0.15, 0.2) is 11.6 Å². The molecule has 0 bridgehead atoms. The predicted octanol–water partition coefficient (Wildman–Crippen LogP) is 1.78. The topological polar surface area (TPSA) is 146 Å². The molecule has 0 saturated heterocycles. The van der Waals surface area contributed by atoms with Crippen molar-refractivity contribution in [2.45, 2.75) is 25.7 Å². The van der Waals surface area contributed by atoms with Crippen LogP contribution >= 0.6 is 0 Å². The van der Waals surface area contributed by atoms with Gasteiger partial charge in [-0.25, -0.2) is 14.4 Å². The molecule has 136 valence electrons. The molecule has 0 aromatic rings. The zero-order chi connectivity index (χ0) is 19.7. The summed E-state index contributed by atoms with van der Waals surface area (Å²) >= 11 is 0. The van der Waals surface area contributed by atoms with Gasteiger partial charge in [0, 0.05) is 31.1 Å². The van der Waals surface area contributed by atoms with Crippen LogP contribution in [0, 0.1) is 0 Å². The minimum Gasteiger partial charge on any atom is -0.478 e. The van der Waals surface area contributed by atoms with Gasteiger partial charge in [-0.1, -0.05) is 18.7 Å². The van der Waals surface area contributed by atoms with Gasteiger partial charge in [-0.05, 0) is 25.0 Å². The normalized spacial score (nSPS) is 10.4. The Labute approximate surface area is 144 Å². The lowest BCUT2D eigenvalue weighted by molar-refractivity contribution is -0.132. The van der Waals surface area contributed by atoms with Crippen LogP contribution in [0.5, 0.6) is 0 Å². The summed E-state index contributed by atoms with van der Waals surface area (Å²) in [7, 11) is 0. The number of rotatable bonds is 11. The number of ketones is 2. The number of carboxylic acid groups (broad SMARTS) is 3. The largest absolute Gasteiger partial charge is 0.478 e. The van der Waals surface area contributed by atoms with Crippen LogP contribution in [0.2, 0.25) is 0 Å². The number of hydrogen-bond donors (Lipinski definition) is 3. The molecule has 0 fully saturated rings. The second-order valence-electron chi connectivity index (χ2n) is 4.37. The predicted molar refractivity (Wildman–Crippen MR) is 89.0 cm³/mol. The number of aliphatic carboxylic acids is 3. The van der Waals surface area contributed by atoms with Crippen molar-refractivity contribution in [3.05, 3.63) is 49.1 Å². The van der Waals surface area contributed by atoms with Gasteiger partial charge in [0.25, 0.3) is 0 Å². The fourth-order valence-electron chi connectivity index (χ4n) is 1.17. The lowest BCUT2D eigenvalue weighted by Gasteiger charge is -1.92. The fourth-order valence-corrected chi connectivity index (χ4v) is 1.17. The number of carbonyl (C=O) groups excluding carboxylic acids is 2. The fraction of sp³-hybridized carbons (Fsp3) is 0.235. The Hall–Kier alpha value is -3.29. The molecule has 0 aliphatic rings. The van der Waals surface area contributed by atoms with E-state index in [1.807, 2.05) is 0 Å². The highest BCUT2D eigenvalue weighted by Gasteiger charge is 1.99. The van der Waals surface area contributed by atoms with Crippen molar-refractivity contribution in [1.82, 2.24) is 0 Å². The molecule has 0 atom stereocenters. The van der Waals surface area contributed by atoms with Crippen LogP contribution in [0.3, 0.4) is 0 Å². The summed E-state index contributed by atoms with van der Waals surface area (Å²) in [5.41, 5.74) is 0. The first-order valence-electron chi connectivity index (χ1n) is 7.07. The first kappa shape index (κ1) is 24.0. The van der Waals surface area contributed by atoms with Gasteiger partial charge in [-0.2, -0.15) is 0 Å². The zero-order valence-corrected chi connectivity index (χ0v) is 13.5. The number of allylic oxidation sites excluding steroid dienone is 4. The molecule has 0 unspecified atom stereocenters. The second kappa shape index (κ2) is 15.6. The van der Waals surface area contributed by atoms with Gasteiger partial charge in [-0.15, -0.1) is 0 Å². The Balaban J connectivity index is 0. The van der Waals surface area contributed by atoms with Crippen molar-refractivity contribution in [3.8, 4) is 0 Å². The molecule has 0 aromatic carbocycles. The van der Waals surface area contributed by atoms with Crippen LogP contribution in [-0.4, -0.2) is 44.8 Å². The highest BCUT2D eigenvalue weighted by atomic mass is 16.4. The van der Waals surface area contributed by atoms with Crippen LogP contribution in [-0.2, 0) is 24.0 Å². The van der Waals surface area contributed by atoms with Crippen molar-refractivity contribution in [3.63, 3.8) is 0 Å². The molecular formula is C17H20O8. The van der Waals surface area contributed by atoms with Crippen molar-refractivity contribution in [2.75, 3.05) is 0 Å². The standard InChI is InChI=1S/C14H16O6.C3H4O2/c15-11(5-1-3-7-13(17)18)9-10-12(16)6-2-4-8-14(19)20;1-2-3(4)5/h3-4,7-10H,1-2,5-6H2,(H,17,18)(H,19,20);2H,1H2,(H,4,5)/b7-3?,8-4?,10-9-;. The molecule has 0 rings (SSSR count). The van der Waals surface area contributed by atoms with Crippen LogP contribution < -0.4 is 0 Å². The van der Waals surface area contributed by atoms with E-state index >= 15 is 0 Å². The average Bonchev–Trinajstić information content (AvgIpc) is 2.53. The smallest absolute Gasteiger partial charge is 0.327 e. The maximum atomic E-state index is 11.3. The summed E-state index contributed by atoms with van der Waals surface area (Å²) < 4.78 is 0. The number of carbonyl (C=O) groups is 5. The van der Waals surface area contributed by atoms with Gasteiger partial charge in [-0.3, -0.25) is 9.59 Å². The molecule has 0 aliphatic carbocycles. The lowest BCUT2D eigenvalue weighted by Crippen LogP contribution is -1.96. The van der Waals surface area contributed by atoms with Crippen molar-refractivity contribution in [2.24, 2.45) is 0 Å². The van der Waals surface area contributed by atoms with Gasteiger partial charge in [0.2, 0.25) is 0 Å². The first-order valence-corrected chi connectivity index (χ1v) is 7.07. The minimum atomic E-state index is -1.07. The third kappa shape index (κ3) is 23.1. The molecule has 0 spiro atoms. The van der Waals surface area contributed by atoms with Crippen molar-refractivity contribution >= 4 is 29.5 Å². The Morgan fingerprint density at radius 3 is 1.20 bits per heavy atom. The zero-order valence-electron chi connectivity index (χ0n) is 13.5. The van der Waals surface area contributed by atoms with Crippen LogP contribution in [0.4, 0.5) is 0 Å². The van der Waals surface area contributed by atoms with Crippen LogP contribution in [0.1, 0.15) is 25.7 Å². The van der Waals surface area contributed by atoms with Gasteiger partial charge < -0.3 is 15.3 Å². The van der Waals surface area contributed by atoms with Crippen molar-refractivity contribution in [1.29, 1.82) is 0 Å². The molecule has 0 heterocycles. The first-order chi connectivity index (χ1) is 11.7. The summed E-state index contributed by atoms with van der Waals surface area (Å²) in [6.45, 7) is 2.96. The molecule has 8 heteroatoms. The van der Waals surface area contributed by atoms with E-state index in [1.54, 1.807) is 0 Å². The van der Waals surface area contributed by atoms with Gasteiger partial charge in [0.1, 0.15) is 0 Å². The Bertz CT molecular complexity index is 539. The van der Waals surface area contributed by atoms with Crippen molar-refractivity contribution < 1.29 is 39.3 Å². The molecule has 0 aliphatic heterocycles. The number of carboxylic acids is 3. The van der Waals surface area contributed by atoms with E-state index in [9.17, 15) is 24.0 Å². The summed E-state index contributed by atoms with van der Waals surface area (Å²) in [5, 5.41) is 24.2. The monoisotopic (exact) mass is 352 g/mol. The molecular weight excluding hydrogens is 332 g/mol. The van der Waals surface area contributed by atoms with Crippen LogP contribution in [0.25, 0.3) is 0 Å². The Morgan fingerprint density at radius 2 is 0.960 bits per heavy atom. The molecule has 0 radical (unpaired) electrons. The van der Waals surface area contributed by atoms with E-state index in [0.29, 0.717) is 12.8 Å². The molecule has 0 amide bonds. The summed E-state index contributed by atoms with van der Waals surface area (Å²) in [5.74, 6) is -3.66. The average molecular weight is 352 g/mol. The highest BCUT2D eigenvalue weighted by molar-refractivity contribution is 5.98. The summed E-state index contributed by atoms with van der Waals surface area (Å²) in [4.78, 5) is 52.2. The van der Waals surface area contributed by atoms with E-state index in [2.05, 4.69) is 6.58 Å². The van der Waals surface area contributed by atoms with Gasteiger partial charge >= 0.3 is 17.9 Å². The van der Waals surface area contributed by atoms with E-state index in [4.69, 9.17) is 15.3 Å². The summed E-state index contributed by atoms with van der Waals surface area (Å²) in [6, 6.07) is 0. The third-order valence-electron chi connectivity index (χ3n) is 2.27. The molecule has 25 heavy (non-hydrogen) atoms. The Kier molecular flexibility index (Phi) is 15.0. The lowest BCUT2D eigenvalue weighted by atomic mass is 10.1. The maximum absolute atomic E-state index is 11.3. The minimum absolute atomic E-state index is 0.131. The number of hydrogen-bond acceptors (Lipinski definition) is 5. The summed E-state index contributed by atoms with van der Waals surface area (Å²) in [6.07, 6.45) is 8.64. The van der Waals surface area contributed by atoms with Crippen LogP contribution in [0.15, 0.2) is 49.1 Å². The molecule has 0 aromatic heterocycles. The second-order valence-corrected chi connectivity index (χ2v) is 4.37. The highest BCUT2D eigenvalue weighted by Crippen LogP contribution is 1.98. The molecule has 8 nitrogen and oxygen atoms in total. The van der Waals surface area contributed by atoms with E-state index < -0.39 is 17.9 Å². The quantitative estimate of drug-likeness (QED) is 0.477. The van der Waals surface area contributed by atoms with E-state index in [1.165, 1.54) is 12.2 Å². The van der Waals surface area contributed by atoms with Gasteiger partial charge in [0.05, 0.1) is 0 Å². The Morgan fingerprint density at radius 1 is 0.640 bits per heavy atom. The van der Waals surface area contributed by atoms with E-state index in [-0.39, 0.29) is 24.4 Å².